The Morgan fingerprint density at radius 1 is 1.20 bits per heavy atom. The molecule has 0 aliphatic carbocycles. The van der Waals surface area contributed by atoms with Gasteiger partial charge in [-0.15, -0.1) is 0 Å². The van der Waals surface area contributed by atoms with E-state index in [1.54, 1.807) is 0 Å². The van der Waals surface area contributed by atoms with Gasteiger partial charge >= 0.3 is 5.97 Å². The van der Waals surface area contributed by atoms with E-state index in [2.05, 4.69) is 23.7 Å². The Bertz CT molecular complexity index is 1010. The number of rotatable bonds is 7. The smallest absolute Gasteiger partial charge is 0.349 e. The molecule has 2 rings (SSSR count). The number of halogens is 2. The number of aromatic nitrogens is 1. The Kier molecular flexibility index (Phi) is 8.10. The molecule has 158 valence electrons. The average molecular weight is 448 g/mol. The predicted molar refractivity (Wildman–Crippen MR) is 118 cm³/mol. The molecule has 0 fully saturated rings. The number of anilines is 1. The highest BCUT2D eigenvalue weighted by Gasteiger charge is 2.16. The molecule has 0 unspecified atom stereocenters. The van der Waals surface area contributed by atoms with Crippen molar-refractivity contribution in [2.75, 3.05) is 11.9 Å². The van der Waals surface area contributed by atoms with Gasteiger partial charge in [0.15, 0.2) is 6.61 Å². The molecule has 1 aromatic carbocycles. The van der Waals surface area contributed by atoms with Crippen LogP contribution in [0.15, 0.2) is 29.8 Å². The van der Waals surface area contributed by atoms with Crippen molar-refractivity contribution >= 4 is 46.8 Å². The van der Waals surface area contributed by atoms with Gasteiger partial charge in [0.2, 0.25) is 0 Å². The lowest BCUT2D eigenvalue weighted by atomic mass is 10.1. The first-order valence-electron chi connectivity index (χ1n) is 9.32. The van der Waals surface area contributed by atoms with Gasteiger partial charge in [-0.25, -0.2) is 4.79 Å². The summed E-state index contributed by atoms with van der Waals surface area (Å²) < 4.78 is 7.13. The molecule has 2 aromatic rings. The number of ether oxygens (including phenoxy) is 1. The average Bonchev–Trinajstić information content (AvgIpc) is 2.90. The van der Waals surface area contributed by atoms with E-state index in [9.17, 15) is 14.9 Å². The number of nitrogens with one attached hydrogen (secondary N) is 1. The Labute approximate surface area is 186 Å². The summed E-state index contributed by atoms with van der Waals surface area (Å²) in [7, 11) is 0. The fourth-order valence-electron chi connectivity index (χ4n) is 2.94. The number of carbonyl (C=O) groups is 2. The molecule has 0 radical (unpaired) electrons. The predicted octanol–water partition coefficient (Wildman–Crippen LogP) is 5.16. The van der Waals surface area contributed by atoms with Gasteiger partial charge in [0.05, 0.1) is 0 Å². The molecule has 0 saturated carbocycles. The fourth-order valence-corrected chi connectivity index (χ4v) is 3.47. The lowest BCUT2D eigenvalue weighted by molar-refractivity contribution is -0.142. The van der Waals surface area contributed by atoms with Crippen LogP contribution in [0.5, 0.6) is 0 Å². The highest BCUT2D eigenvalue weighted by atomic mass is 35.5. The molecule has 30 heavy (non-hydrogen) atoms. The maximum atomic E-state index is 12.3. The van der Waals surface area contributed by atoms with Crippen LogP contribution in [0.1, 0.15) is 30.8 Å². The number of aryl methyl sites for hydroxylation is 1. The third kappa shape index (κ3) is 6.38. The van der Waals surface area contributed by atoms with Gasteiger partial charge in [0, 0.05) is 33.7 Å². The zero-order valence-electron chi connectivity index (χ0n) is 17.3. The molecule has 8 heteroatoms. The second-order valence-corrected chi connectivity index (χ2v) is 8.16. The van der Waals surface area contributed by atoms with Gasteiger partial charge in [0.25, 0.3) is 5.91 Å². The van der Waals surface area contributed by atoms with E-state index in [-0.39, 0.29) is 5.57 Å². The van der Waals surface area contributed by atoms with Crippen molar-refractivity contribution in [1.29, 1.82) is 5.26 Å². The van der Waals surface area contributed by atoms with Crippen molar-refractivity contribution in [3.05, 3.63) is 56.8 Å². The molecule has 6 nitrogen and oxygen atoms in total. The number of nitrogens with zero attached hydrogens (tertiary/aromatic N) is 2. The van der Waals surface area contributed by atoms with E-state index in [0.717, 1.165) is 23.5 Å². The van der Waals surface area contributed by atoms with Crippen LogP contribution in [0.4, 0.5) is 5.69 Å². The minimum absolute atomic E-state index is 0.182. The minimum Gasteiger partial charge on any atom is -0.451 e. The number of carbonyl (C=O) groups excluding carboxylic acids is 2. The van der Waals surface area contributed by atoms with Crippen molar-refractivity contribution in [3.63, 3.8) is 0 Å². The summed E-state index contributed by atoms with van der Waals surface area (Å²) in [5.74, 6) is -0.987. The summed E-state index contributed by atoms with van der Waals surface area (Å²) in [5.41, 5.74) is 2.95. The Morgan fingerprint density at radius 2 is 1.83 bits per heavy atom. The maximum Gasteiger partial charge on any atom is 0.349 e. The zero-order valence-corrected chi connectivity index (χ0v) is 18.8. The molecule has 0 spiro atoms. The Balaban J connectivity index is 2.06. The van der Waals surface area contributed by atoms with Crippen molar-refractivity contribution in [2.45, 2.75) is 34.2 Å². The van der Waals surface area contributed by atoms with Gasteiger partial charge in [-0.1, -0.05) is 37.0 Å². The van der Waals surface area contributed by atoms with Crippen LogP contribution in [-0.4, -0.2) is 23.1 Å². The number of hydrogen-bond donors (Lipinski definition) is 1. The molecule has 1 heterocycles. The van der Waals surface area contributed by atoms with Crippen LogP contribution in [0.25, 0.3) is 6.08 Å². The number of esters is 1. The summed E-state index contributed by atoms with van der Waals surface area (Å²) in [6.07, 6.45) is 1.48. The number of benzene rings is 1. The Morgan fingerprint density at radius 3 is 2.40 bits per heavy atom. The summed E-state index contributed by atoms with van der Waals surface area (Å²) in [6.45, 7) is 8.44. The van der Waals surface area contributed by atoms with Gasteiger partial charge in [-0.3, -0.25) is 4.79 Å². The Hall–Kier alpha value is -2.75. The van der Waals surface area contributed by atoms with E-state index in [0.29, 0.717) is 21.7 Å². The van der Waals surface area contributed by atoms with E-state index < -0.39 is 18.5 Å². The molecule has 1 aromatic heterocycles. The highest BCUT2D eigenvalue weighted by molar-refractivity contribution is 6.35. The summed E-state index contributed by atoms with van der Waals surface area (Å²) in [5, 5.41) is 12.6. The highest BCUT2D eigenvalue weighted by Crippen LogP contribution is 2.23. The van der Waals surface area contributed by atoms with Gasteiger partial charge < -0.3 is 14.6 Å². The summed E-state index contributed by atoms with van der Waals surface area (Å²) >= 11 is 11.8. The van der Waals surface area contributed by atoms with Gasteiger partial charge in [0.1, 0.15) is 11.6 Å². The van der Waals surface area contributed by atoms with Crippen LogP contribution in [0.2, 0.25) is 10.0 Å². The molecular weight excluding hydrogens is 425 g/mol. The number of nitriles is 1. The van der Waals surface area contributed by atoms with E-state index in [1.807, 2.05) is 26.0 Å². The van der Waals surface area contributed by atoms with Crippen LogP contribution in [-0.2, 0) is 20.9 Å². The molecule has 0 aliphatic rings. The molecular formula is C22H23Cl2N3O3. The van der Waals surface area contributed by atoms with Gasteiger partial charge in [-0.05, 0) is 55.7 Å². The van der Waals surface area contributed by atoms with Crippen molar-refractivity contribution in [2.24, 2.45) is 5.92 Å². The monoisotopic (exact) mass is 447 g/mol. The zero-order chi connectivity index (χ0) is 22.4. The quantitative estimate of drug-likeness (QED) is 0.361. The molecule has 0 aliphatic heterocycles. The van der Waals surface area contributed by atoms with E-state index >= 15 is 0 Å². The lowest BCUT2D eigenvalue weighted by Crippen LogP contribution is -2.21. The molecule has 1 N–H and O–H groups in total. The van der Waals surface area contributed by atoms with Crippen LogP contribution >= 0.6 is 23.2 Å². The van der Waals surface area contributed by atoms with Crippen molar-refractivity contribution in [1.82, 2.24) is 4.57 Å². The SMILES string of the molecule is Cc1cc(C=C(C#N)C(=O)OCC(=O)Nc2cc(Cl)cc(Cl)c2)c(C)n1CC(C)C. The standard InChI is InChI=1S/C22H23Cl2N3O3/c1-13(2)11-27-14(3)5-16(15(27)4)6-17(10-25)22(29)30-12-21(28)26-20-8-18(23)7-19(24)9-20/h5-9,13H,11-12H2,1-4H3,(H,26,28). The fraction of sp³-hybridized carbons (Fsp3) is 0.318. The van der Waals surface area contributed by atoms with Gasteiger partial charge in [-0.2, -0.15) is 5.26 Å². The third-order valence-corrected chi connectivity index (χ3v) is 4.72. The molecule has 0 saturated heterocycles. The van der Waals surface area contributed by atoms with Crippen molar-refractivity contribution < 1.29 is 14.3 Å². The van der Waals surface area contributed by atoms with E-state index in [4.69, 9.17) is 27.9 Å². The van der Waals surface area contributed by atoms with Crippen LogP contribution in [0.3, 0.4) is 0 Å². The lowest BCUT2D eigenvalue weighted by Gasteiger charge is -2.12. The topological polar surface area (TPSA) is 84.1 Å². The largest absolute Gasteiger partial charge is 0.451 e. The maximum absolute atomic E-state index is 12.3. The third-order valence-electron chi connectivity index (χ3n) is 4.28. The minimum atomic E-state index is -0.870. The van der Waals surface area contributed by atoms with Crippen LogP contribution in [0, 0.1) is 31.1 Å². The molecule has 0 atom stereocenters. The van der Waals surface area contributed by atoms with Crippen LogP contribution < -0.4 is 5.32 Å². The summed E-state index contributed by atoms with van der Waals surface area (Å²) in [6, 6.07) is 8.32. The second kappa shape index (κ2) is 10.3. The first-order chi connectivity index (χ1) is 14.1. The summed E-state index contributed by atoms with van der Waals surface area (Å²) in [4.78, 5) is 24.3. The molecule has 0 bridgehead atoms. The van der Waals surface area contributed by atoms with Crippen molar-refractivity contribution in [3.8, 4) is 6.07 Å². The first-order valence-corrected chi connectivity index (χ1v) is 10.1. The molecule has 1 amide bonds. The normalized spacial score (nSPS) is 11.3. The second-order valence-electron chi connectivity index (χ2n) is 7.28. The number of hydrogen-bond acceptors (Lipinski definition) is 4. The van der Waals surface area contributed by atoms with E-state index in [1.165, 1.54) is 24.3 Å². The number of amides is 1. The first kappa shape index (κ1) is 23.5.